The van der Waals surface area contributed by atoms with Gasteiger partial charge in [-0.05, 0) is 74.2 Å². The lowest BCUT2D eigenvalue weighted by Gasteiger charge is -2.11. The van der Waals surface area contributed by atoms with Gasteiger partial charge in [0, 0.05) is 0 Å². The Labute approximate surface area is 221 Å². The smallest absolute Gasteiger partial charge is 0.494 e. The highest BCUT2D eigenvalue weighted by atomic mass is 32.3. The van der Waals surface area contributed by atoms with Gasteiger partial charge in [-0.15, -0.1) is 4.79 Å². The first-order valence-corrected chi connectivity index (χ1v) is 15.7. The molecule has 2 rings (SSSR count). The van der Waals surface area contributed by atoms with Gasteiger partial charge in [0.05, 0.1) is 23.0 Å². The average Bonchev–Trinajstić information content (AvgIpc) is 2.83. The molecular weight excluding hydrogens is 512 g/mol. The molecule has 8 nitrogen and oxygen atoms in total. The molecule has 204 valence electrons. The van der Waals surface area contributed by atoms with E-state index < -0.39 is 24.1 Å². The van der Waals surface area contributed by atoms with Crippen molar-refractivity contribution in [3.05, 3.63) is 53.1 Å². The minimum atomic E-state index is -4.66. The van der Waals surface area contributed by atoms with Crippen LogP contribution in [0.4, 0.5) is 0 Å². The molecule has 0 saturated heterocycles. The van der Waals surface area contributed by atoms with E-state index in [0.29, 0.717) is 24.7 Å². The maximum Gasteiger partial charge on any atom is 0.504 e. The molecule has 0 amide bonds. The van der Waals surface area contributed by atoms with Gasteiger partial charge >= 0.3 is 4.38 Å². The molecule has 0 atom stereocenters. The Kier molecular flexibility index (Phi) is 11.8. The van der Waals surface area contributed by atoms with Crippen LogP contribution in [0.1, 0.15) is 76.3 Å². The summed E-state index contributed by atoms with van der Waals surface area (Å²) >= 11 is 0. The fourth-order valence-corrected chi connectivity index (χ4v) is 7.65. The maximum absolute atomic E-state index is 13.3. The first kappa shape index (κ1) is 30.5. The van der Waals surface area contributed by atoms with E-state index in [1.54, 1.807) is 0 Å². The summed E-state index contributed by atoms with van der Waals surface area (Å²) in [4.78, 5) is 2.20. The molecule has 0 unspecified atom stereocenters. The second kappa shape index (κ2) is 14.3. The third-order valence-electron chi connectivity index (χ3n) is 5.95. The minimum Gasteiger partial charge on any atom is -0.494 e. The van der Waals surface area contributed by atoms with Crippen LogP contribution in [0.15, 0.2) is 46.2 Å². The lowest BCUT2D eigenvalue weighted by molar-refractivity contribution is 0.00379. The van der Waals surface area contributed by atoms with Crippen molar-refractivity contribution < 1.29 is 31.1 Å². The Balaban J connectivity index is 2.25. The van der Waals surface area contributed by atoms with Gasteiger partial charge in [0.25, 0.3) is 19.7 Å². The number of ether oxygens (including phenoxy) is 2. The number of benzene rings is 2. The average molecular weight is 551 g/mol. The molecule has 37 heavy (non-hydrogen) atoms. The summed E-state index contributed by atoms with van der Waals surface area (Å²) in [5.41, 5.74) is 10.1. The van der Waals surface area contributed by atoms with E-state index >= 15 is 0 Å². The van der Waals surface area contributed by atoms with Crippen molar-refractivity contribution in [2.24, 2.45) is 0 Å². The van der Waals surface area contributed by atoms with Crippen molar-refractivity contribution in [1.29, 1.82) is 0 Å². The number of hydrogen-bond acceptors (Lipinski definition) is 6. The monoisotopic (exact) mass is 550 g/mol. The first-order valence-electron chi connectivity index (χ1n) is 12.8. The molecule has 0 N–H and O–H groups in total. The van der Waals surface area contributed by atoms with Gasteiger partial charge in [0.1, 0.15) is 11.5 Å². The molecule has 0 saturated carbocycles. The fourth-order valence-electron chi connectivity index (χ4n) is 3.90. The normalized spacial score (nSPS) is 11.7. The Hall–Kier alpha value is -2.68. The third-order valence-corrected chi connectivity index (χ3v) is 10.4. The zero-order chi connectivity index (χ0) is 27.5. The van der Waals surface area contributed by atoms with Crippen molar-refractivity contribution in [1.82, 2.24) is 0 Å². The zero-order valence-electron chi connectivity index (χ0n) is 22.2. The highest BCUT2D eigenvalue weighted by molar-refractivity contribution is 8.31. The summed E-state index contributed by atoms with van der Waals surface area (Å²) < 4.78 is 63.3. The van der Waals surface area contributed by atoms with Crippen molar-refractivity contribution in [3.8, 4) is 11.5 Å². The summed E-state index contributed by atoms with van der Waals surface area (Å²) in [6, 6.07) is 8.56. The van der Waals surface area contributed by atoms with E-state index in [1.807, 2.05) is 0 Å². The van der Waals surface area contributed by atoms with Crippen LogP contribution in [0.2, 0.25) is 0 Å². The molecule has 0 aliphatic carbocycles. The van der Waals surface area contributed by atoms with Crippen molar-refractivity contribution in [2.75, 3.05) is 13.2 Å². The van der Waals surface area contributed by atoms with E-state index in [4.69, 9.17) is 9.47 Å². The third kappa shape index (κ3) is 8.15. The molecule has 0 heterocycles. The maximum atomic E-state index is 13.3. The molecule has 0 bridgehead atoms. The summed E-state index contributed by atoms with van der Waals surface area (Å²) in [6.45, 7) is 8.32. The number of nitrogens with zero attached hydrogens (tertiary/aromatic N) is 2. The van der Waals surface area contributed by atoms with E-state index in [0.717, 1.165) is 51.4 Å². The topological polar surface area (TPSA) is 123 Å². The van der Waals surface area contributed by atoms with Gasteiger partial charge in [-0.1, -0.05) is 52.4 Å². The second-order valence-corrected chi connectivity index (χ2v) is 13.0. The Bertz CT molecular complexity index is 1220. The predicted molar refractivity (Wildman–Crippen MR) is 145 cm³/mol. The molecule has 0 radical (unpaired) electrons. The number of unbranched alkanes of at least 4 members (excludes halogenated alkanes) is 6. The Morgan fingerprint density at radius 2 is 1.11 bits per heavy atom. The van der Waals surface area contributed by atoms with Crippen LogP contribution in [0.25, 0.3) is 5.53 Å². The summed E-state index contributed by atoms with van der Waals surface area (Å²) in [6.07, 6.45) is 8.31. The molecule has 0 spiro atoms. The van der Waals surface area contributed by atoms with Crippen LogP contribution in [0.3, 0.4) is 0 Å². The van der Waals surface area contributed by atoms with Crippen LogP contribution in [-0.4, -0.2) is 39.2 Å². The number of hydrogen-bond donors (Lipinski definition) is 0. The Morgan fingerprint density at radius 3 is 1.43 bits per heavy atom. The fraction of sp³-hybridized carbons (Fsp3) is 0.519. The van der Waals surface area contributed by atoms with Crippen LogP contribution in [0.5, 0.6) is 11.5 Å². The molecule has 0 aromatic heterocycles. The van der Waals surface area contributed by atoms with Crippen LogP contribution >= 0.6 is 0 Å². The number of sulfone groups is 2. The van der Waals surface area contributed by atoms with Crippen LogP contribution in [0, 0.1) is 13.8 Å². The molecule has 2 aromatic rings. The summed E-state index contributed by atoms with van der Waals surface area (Å²) in [7, 11) is -9.32. The lowest BCUT2D eigenvalue weighted by Crippen LogP contribution is -2.27. The molecular formula is C27H38N2O6S2. The molecule has 0 aliphatic rings. The predicted octanol–water partition coefficient (Wildman–Crippen LogP) is 6.06. The highest BCUT2D eigenvalue weighted by Crippen LogP contribution is 2.28. The highest BCUT2D eigenvalue weighted by Gasteiger charge is 2.45. The lowest BCUT2D eigenvalue weighted by atomic mass is 10.2. The summed E-state index contributed by atoms with van der Waals surface area (Å²) in [5, 5.41) is 0. The molecule has 2 aromatic carbocycles. The van der Waals surface area contributed by atoms with Gasteiger partial charge in [-0.25, -0.2) is 16.8 Å². The quantitative estimate of drug-likeness (QED) is 0.0927. The van der Waals surface area contributed by atoms with E-state index in [2.05, 4.69) is 18.6 Å². The van der Waals surface area contributed by atoms with Crippen molar-refractivity contribution >= 4 is 24.1 Å². The SMILES string of the molecule is CCCCCCOc1ccc(S(=O)(=O)C(=[N+]=[N-])S(=O)(=O)c2ccc(OCCCCCC)cc2C)c(C)c1. The molecule has 0 fully saturated rings. The largest absolute Gasteiger partial charge is 0.504 e. The van der Waals surface area contributed by atoms with E-state index in [1.165, 1.54) is 50.2 Å². The standard InChI is InChI=1S/C27H38N2O6S2/c1-5-7-9-11-17-34-23-13-15-25(21(3)19-23)36(30,31)27(29-28)37(32,33)26-16-14-24(20-22(26)4)35-18-12-10-8-6-2/h13-16,19-20H,5-12,17-18H2,1-4H3. The van der Waals surface area contributed by atoms with Crippen molar-refractivity contribution in [3.63, 3.8) is 0 Å². The molecule has 10 heteroatoms. The van der Waals surface area contributed by atoms with Gasteiger partial charge in [-0.3, -0.25) is 0 Å². The van der Waals surface area contributed by atoms with Gasteiger partial charge in [0.2, 0.25) is 0 Å². The zero-order valence-corrected chi connectivity index (χ0v) is 23.8. The van der Waals surface area contributed by atoms with Gasteiger partial charge in [0.15, 0.2) is 0 Å². The van der Waals surface area contributed by atoms with E-state index in [9.17, 15) is 22.4 Å². The Morgan fingerprint density at radius 1 is 0.703 bits per heavy atom. The summed E-state index contributed by atoms with van der Waals surface area (Å²) in [5.74, 6) is 0.971. The van der Waals surface area contributed by atoms with Crippen molar-refractivity contribution in [2.45, 2.75) is 88.9 Å². The van der Waals surface area contributed by atoms with Gasteiger partial charge < -0.3 is 15.0 Å². The first-order chi connectivity index (χ1) is 17.6. The van der Waals surface area contributed by atoms with E-state index in [-0.39, 0.29) is 20.9 Å². The van der Waals surface area contributed by atoms with Crippen LogP contribution in [-0.2, 0) is 19.7 Å². The second-order valence-electron chi connectivity index (χ2n) is 9.05. The number of aryl methyl sites for hydroxylation is 2. The van der Waals surface area contributed by atoms with Gasteiger partial charge in [-0.2, -0.15) is 0 Å². The molecule has 0 aliphatic heterocycles. The number of rotatable bonds is 14. The van der Waals surface area contributed by atoms with Crippen LogP contribution < -0.4 is 9.47 Å². The minimum absolute atomic E-state index is 0.271.